The second-order valence-corrected chi connectivity index (χ2v) is 9.45. The number of furan rings is 1. The third-order valence-electron chi connectivity index (χ3n) is 4.66. The summed E-state index contributed by atoms with van der Waals surface area (Å²) in [5.74, 6) is -0.467. The summed E-state index contributed by atoms with van der Waals surface area (Å²) in [7, 11) is 0.254. The highest BCUT2D eigenvalue weighted by atomic mass is 35.5. The monoisotopic (exact) mass is 446 g/mol. The van der Waals surface area contributed by atoms with Crippen molar-refractivity contribution in [3.8, 4) is 0 Å². The first-order valence-corrected chi connectivity index (χ1v) is 11.4. The van der Waals surface area contributed by atoms with Gasteiger partial charge in [0.15, 0.2) is 15.6 Å². The van der Waals surface area contributed by atoms with E-state index in [1.807, 2.05) is 37.2 Å². The van der Waals surface area contributed by atoms with E-state index in [2.05, 4.69) is 5.32 Å². The van der Waals surface area contributed by atoms with Gasteiger partial charge in [-0.2, -0.15) is 0 Å². The fourth-order valence-electron chi connectivity index (χ4n) is 3.07. The average Bonchev–Trinajstić information content (AvgIpc) is 3.17. The highest BCUT2D eigenvalue weighted by Gasteiger charge is 2.21. The predicted molar refractivity (Wildman–Crippen MR) is 116 cm³/mol. The van der Waals surface area contributed by atoms with Gasteiger partial charge in [0.25, 0.3) is 5.91 Å². The number of carbonyl (C=O) groups excluding carboxylic acids is 1. The average molecular weight is 447 g/mol. The number of nitrogens with one attached hydrogen (secondary N) is 1. The quantitative estimate of drug-likeness (QED) is 0.567. The van der Waals surface area contributed by atoms with E-state index in [1.54, 1.807) is 24.3 Å². The normalized spacial score (nSPS) is 12.7. The lowest BCUT2D eigenvalue weighted by Gasteiger charge is -2.25. The van der Waals surface area contributed by atoms with Crippen LogP contribution in [0.1, 0.15) is 27.9 Å². The van der Waals surface area contributed by atoms with Gasteiger partial charge < -0.3 is 14.6 Å². The van der Waals surface area contributed by atoms with Crippen LogP contribution in [-0.4, -0.2) is 39.9 Å². The number of hydrogen-bond acceptors (Lipinski definition) is 5. The molecule has 0 spiro atoms. The molecular formula is C22H23ClN2O4S. The van der Waals surface area contributed by atoms with Gasteiger partial charge in [0.1, 0.15) is 11.5 Å². The molecule has 0 saturated heterocycles. The summed E-state index contributed by atoms with van der Waals surface area (Å²) in [4.78, 5) is 14.7. The van der Waals surface area contributed by atoms with Gasteiger partial charge in [-0.1, -0.05) is 48.0 Å². The van der Waals surface area contributed by atoms with Gasteiger partial charge in [-0.25, -0.2) is 8.42 Å². The zero-order valence-corrected chi connectivity index (χ0v) is 18.3. The van der Waals surface area contributed by atoms with Gasteiger partial charge in [0.05, 0.1) is 10.9 Å². The van der Waals surface area contributed by atoms with Crippen LogP contribution in [0.2, 0.25) is 5.02 Å². The lowest BCUT2D eigenvalue weighted by molar-refractivity contribution is 0.0912. The van der Waals surface area contributed by atoms with Crippen LogP contribution in [0.5, 0.6) is 0 Å². The first-order valence-electron chi connectivity index (χ1n) is 9.33. The summed E-state index contributed by atoms with van der Waals surface area (Å²) in [6.07, 6.45) is 0. The van der Waals surface area contributed by atoms with Crippen LogP contribution in [0, 0.1) is 0 Å². The second-order valence-electron chi connectivity index (χ2n) is 7.05. The highest BCUT2D eigenvalue weighted by Crippen LogP contribution is 2.25. The van der Waals surface area contributed by atoms with Crippen molar-refractivity contribution in [1.29, 1.82) is 0 Å². The minimum Gasteiger partial charge on any atom is -0.455 e. The van der Waals surface area contributed by atoms with Gasteiger partial charge in [0.2, 0.25) is 0 Å². The Hall–Kier alpha value is -2.61. The van der Waals surface area contributed by atoms with E-state index in [-0.39, 0.29) is 28.2 Å². The second kappa shape index (κ2) is 9.47. The zero-order chi connectivity index (χ0) is 21.7. The number of rotatable bonds is 8. The summed E-state index contributed by atoms with van der Waals surface area (Å²) < 4.78 is 30.5. The van der Waals surface area contributed by atoms with Gasteiger partial charge in [-0.3, -0.25) is 4.79 Å². The maximum atomic E-state index is 12.5. The molecule has 0 unspecified atom stereocenters. The predicted octanol–water partition coefficient (Wildman–Crippen LogP) is 3.94. The Labute approximate surface area is 181 Å². The largest absolute Gasteiger partial charge is 0.455 e. The molecule has 0 aliphatic heterocycles. The smallest absolute Gasteiger partial charge is 0.287 e. The number of halogens is 1. The van der Waals surface area contributed by atoms with Crippen molar-refractivity contribution in [3.63, 3.8) is 0 Å². The molecule has 1 aromatic heterocycles. The summed E-state index contributed by atoms with van der Waals surface area (Å²) in [5.41, 5.74) is 0.901. The zero-order valence-electron chi connectivity index (χ0n) is 16.7. The molecule has 0 radical (unpaired) electrons. The van der Waals surface area contributed by atoms with Crippen molar-refractivity contribution < 1.29 is 17.6 Å². The van der Waals surface area contributed by atoms with Crippen LogP contribution < -0.4 is 5.32 Å². The number of sulfone groups is 1. The Morgan fingerprint density at radius 3 is 2.37 bits per heavy atom. The van der Waals surface area contributed by atoms with Crippen LogP contribution in [0.3, 0.4) is 0 Å². The van der Waals surface area contributed by atoms with E-state index in [9.17, 15) is 13.2 Å². The van der Waals surface area contributed by atoms with E-state index in [0.29, 0.717) is 11.6 Å². The topological polar surface area (TPSA) is 79.6 Å². The van der Waals surface area contributed by atoms with Gasteiger partial charge in [-0.15, -0.1) is 0 Å². The first-order chi connectivity index (χ1) is 14.3. The highest BCUT2D eigenvalue weighted by molar-refractivity contribution is 7.90. The van der Waals surface area contributed by atoms with Crippen molar-refractivity contribution in [2.45, 2.75) is 16.7 Å². The molecule has 30 heavy (non-hydrogen) atoms. The summed E-state index contributed by atoms with van der Waals surface area (Å²) in [5, 5.41) is 3.45. The number of carbonyl (C=O) groups is 1. The van der Waals surface area contributed by atoms with Crippen LogP contribution in [-0.2, 0) is 15.6 Å². The fraction of sp³-hybridized carbons (Fsp3) is 0.227. The molecule has 1 atom stereocenters. The van der Waals surface area contributed by atoms with Gasteiger partial charge >= 0.3 is 0 Å². The third kappa shape index (κ3) is 5.30. The number of benzene rings is 2. The van der Waals surface area contributed by atoms with Crippen LogP contribution >= 0.6 is 11.6 Å². The van der Waals surface area contributed by atoms with E-state index in [0.717, 1.165) is 5.56 Å². The lowest BCUT2D eigenvalue weighted by atomic mass is 10.1. The Morgan fingerprint density at radius 2 is 1.70 bits per heavy atom. The van der Waals surface area contributed by atoms with E-state index in [4.69, 9.17) is 16.0 Å². The van der Waals surface area contributed by atoms with E-state index >= 15 is 0 Å². The van der Waals surface area contributed by atoms with Gasteiger partial charge in [-0.05, 0) is 50.0 Å². The molecule has 1 heterocycles. The van der Waals surface area contributed by atoms with Crippen LogP contribution in [0.4, 0.5) is 0 Å². The van der Waals surface area contributed by atoms with Gasteiger partial charge in [0, 0.05) is 11.6 Å². The summed E-state index contributed by atoms with van der Waals surface area (Å²) in [6, 6.07) is 18.5. The lowest BCUT2D eigenvalue weighted by Crippen LogP contribution is -2.34. The molecule has 158 valence electrons. The maximum Gasteiger partial charge on any atom is 0.287 e. The molecule has 6 nitrogen and oxygen atoms in total. The number of amides is 1. The molecule has 8 heteroatoms. The van der Waals surface area contributed by atoms with Crippen molar-refractivity contribution in [2.75, 3.05) is 20.6 Å². The number of nitrogens with zero attached hydrogens (tertiary/aromatic N) is 1. The minimum absolute atomic E-state index is 0.0601. The molecule has 1 amide bonds. The molecular weight excluding hydrogens is 424 g/mol. The molecule has 0 bridgehead atoms. The Kier molecular flexibility index (Phi) is 6.97. The summed E-state index contributed by atoms with van der Waals surface area (Å²) >= 11 is 6.30. The first kappa shape index (κ1) is 22.1. The Bertz CT molecular complexity index is 1110. The Balaban J connectivity index is 1.67. The van der Waals surface area contributed by atoms with E-state index < -0.39 is 15.7 Å². The Morgan fingerprint density at radius 1 is 1.03 bits per heavy atom. The molecule has 1 N–H and O–H groups in total. The fourth-order valence-corrected chi connectivity index (χ4v) is 4.60. The van der Waals surface area contributed by atoms with Crippen LogP contribution in [0.15, 0.2) is 76.0 Å². The SMILES string of the molecule is CN(C)[C@@H](CNC(=O)c1ccc(CS(=O)(=O)c2ccccc2)o1)c1ccccc1Cl. The number of hydrogen-bond donors (Lipinski definition) is 1. The minimum atomic E-state index is -3.55. The molecule has 2 aromatic carbocycles. The molecule has 3 aromatic rings. The third-order valence-corrected chi connectivity index (χ3v) is 6.66. The van der Waals surface area contributed by atoms with E-state index in [1.165, 1.54) is 24.3 Å². The maximum absolute atomic E-state index is 12.5. The molecule has 0 aliphatic carbocycles. The van der Waals surface area contributed by atoms with Crippen molar-refractivity contribution in [3.05, 3.63) is 88.8 Å². The molecule has 3 rings (SSSR count). The number of likely N-dealkylation sites (N-methyl/N-ethyl adjacent to an activating group) is 1. The molecule has 0 aliphatic rings. The van der Waals surface area contributed by atoms with Crippen molar-refractivity contribution in [2.24, 2.45) is 0 Å². The molecule has 0 saturated carbocycles. The standard InChI is InChI=1S/C22H23ClN2O4S/c1-25(2)20(18-10-6-7-11-19(18)23)14-24-22(26)21-13-12-16(29-21)15-30(27,28)17-8-4-3-5-9-17/h3-13,20H,14-15H2,1-2H3,(H,24,26)/t20-/m0/s1. The summed E-state index contributed by atoms with van der Waals surface area (Å²) in [6.45, 7) is 0.313. The van der Waals surface area contributed by atoms with Crippen molar-refractivity contribution in [1.82, 2.24) is 10.2 Å². The van der Waals surface area contributed by atoms with Crippen molar-refractivity contribution >= 4 is 27.3 Å². The van der Waals surface area contributed by atoms with Crippen LogP contribution in [0.25, 0.3) is 0 Å². The molecule has 0 fully saturated rings.